The van der Waals surface area contributed by atoms with Gasteiger partial charge < -0.3 is 14.2 Å². The van der Waals surface area contributed by atoms with E-state index in [1.807, 2.05) is 35.2 Å². The summed E-state index contributed by atoms with van der Waals surface area (Å²) in [6, 6.07) is 14.7. The highest BCUT2D eigenvalue weighted by Crippen LogP contribution is 2.28. The van der Waals surface area contributed by atoms with Crippen LogP contribution in [-0.2, 0) is 4.79 Å². The molecule has 0 N–H and O–H groups in total. The number of nitrogens with zero attached hydrogens (tertiary/aromatic N) is 3. The van der Waals surface area contributed by atoms with Gasteiger partial charge >= 0.3 is 0 Å². The molecule has 3 aromatic rings. The molecule has 7 nitrogen and oxygen atoms in total. The molecule has 5 rings (SSSR count). The lowest BCUT2D eigenvalue weighted by atomic mass is 10.0. The summed E-state index contributed by atoms with van der Waals surface area (Å²) in [6.45, 7) is 6.23. The number of rotatable bonds is 4. The zero-order chi connectivity index (χ0) is 24.4. The maximum Gasteiger partial charge on any atom is 0.257 e. The first-order chi connectivity index (χ1) is 17.0. The van der Waals surface area contributed by atoms with Crippen LogP contribution in [0.25, 0.3) is 22.3 Å². The summed E-state index contributed by atoms with van der Waals surface area (Å²) in [7, 11) is 0. The number of carbonyl (C=O) groups is 2. The van der Waals surface area contributed by atoms with E-state index in [9.17, 15) is 14.4 Å². The van der Waals surface area contributed by atoms with Crippen molar-refractivity contribution >= 4 is 22.8 Å². The van der Waals surface area contributed by atoms with E-state index in [1.54, 1.807) is 30.0 Å². The van der Waals surface area contributed by atoms with Crippen LogP contribution in [0, 0.1) is 6.92 Å². The first-order valence-electron chi connectivity index (χ1n) is 12.4. The average molecular weight is 474 g/mol. The second-order valence-electron chi connectivity index (χ2n) is 9.44. The van der Waals surface area contributed by atoms with Crippen LogP contribution in [0.5, 0.6) is 0 Å². The van der Waals surface area contributed by atoms with E-state index in [0.717, 1.165) is 31.5 Å². The molecule has 0 spiro atoms. The topological polar surface area (TPSA) is 74.1 Å². The third-order valence-corrected chi connectivity index (χ3v) is 7.14. The minimum absolute atomic E-state index is 0.124. The third kappa shape index (κ3) is 4.73. The summed E-state index contributed by atoms with van der Waals surface area (Å²) in [5, 5.41) is 0.416. The number of fused-ring (bicyclic) bond motifs is 1. The molecule has 2 fully saturated rings. The summed E-state index contributed by atoms with van der Waals surface area (Å²) in [6.07, 6.45) is 3.37. The van der Waals surface area contributed by atoms with Gasteiger partial charge in [-0.1, -0.05) is 36.4 Å². The predicted octanol–water partition coefficient (Wildman–Crippen LogP) is 3.54. The number of carbonyl (C=O) groups excluding carboxylic acids is 2. The molecule has 2 amide bonds. The summed E-state index contributed by atoms with van der Waals surface area (Å²) >= 11 is 0. The van der Waals surface area contributed by atoms with Gasteiger partial charge in [0.05, 0.1) is 17.5 Å². The van der Waals surface area contributed by atoms with Crippen molar-refractivity contribution in [1.82, 2.24) is 14.7 Å². The maximum atomic E-state index is 13.5. The highest BCUT2D eigenvalue weighted by Gasteiger charge is 2.27. The number of hydrogen-bond donors (Lipinski definition) is 0. The van der Waals surface area contributed by atoms with Crippen LogP contribution >= 0.6 is 0 Å². The second-order valence-corrected chi connectivity index (χ2v) is 9.44. The van der Waals surface area contributed by atoms with Gasteiger partial charge in [0.25, 0.3) is 5.91 Å². The molecule has 2 saturated heterocycles. The smallest absolute Gasteiger partial charge is 0.257 e. The first kappa shape index (κ1) is 23.3. The molecule has 0 radical (unpaired) electrons. The molecule has 0 saturated carbocycles. The van der Waals surface area contributed by atoms with Crippen LogP contribution in [0.1, 0.15) is 35.2 Å². The Kier molecular flexibility index (Phi) is 6.68. The molecule has 2 aliphatic heterocycles. The van der Waals surface area contributed by atoms with Gasteiger partial charge in [-0.05, 0) is 38.3 Å². The van der Waals surface area contributed by atoms with Crippen LogP contribution in [-0.4, -0.2) is 72.3 Å². The number of piperidine rings is 1. The molecule has 2 aromatic carbocycles. The molecule has 35 heavy (non-hydrogen) atoms. The SMILES string of the molecule is Cc1c(-c2ccccc2)oc2c(C(=O)N3CCN(CC(=O)N4CCCCC4)CC3)cccc2c1=O. The van der Waals surface area contributed by atoms with Gasteiger partial charge in [0.1, 0.15) is 5.76 Å². The minimum Gasteiger partial charge on any atom is -0.455 e. The van der Waals surface area contributed by atoms with Crippen molar-refractivity contribution < 1.29 is 14.0 Å². The van der Waals surface area contributed by atoms with E-state index in [4.69, 9.17) is 4.42 Å². The van der Waals surface area contributed by atoms with Crippen LogP contribution in [0.15, 0.2) is 57.7 Å². The normalized spacial score (nSPS) is 17.1. The molecule has 3 heterocycles. The molecule has 0 unspecified atom stereocenters. The second kappa shape index (κ2) is 10.0. The number of hydrogen-bond acceptors (Lipinski definition) is 5. The van der Waals surface area contributed by atoms with Crippen LogP contribution in [0.2, 0.25) is 0 Å². The molecule has 7 heteroatoms. The Labute approximate surface area is 204 Å². The van der Waals surface area contributed by atoms with Gasteiger partial charge in [-0.3, -0.25) is 19.3 Å². The van der Waals surface area contributed by atoms with Crippen molar-refractivity contribution in [1.29, 1.82) is 0 Å². The van der Waals surface area contributed by atoms with E-state index >= 15 is 0 Å². The molecule has 0 aliphatic carbocycles. The van der Waals surface area contributed by atoms with Crippen molar-refractivity contribution in [2.45, 2.75) is 26.2 Å². The Morgan fingerprint density at radius 3 is 2.26 bits per heavy atom. The Bertz CT molecular complexity index is 1290. The van der Waals surface area contributed by atoms with Gasteiger partial charge in [-0.2, -0.15) is 0 Å². The van der Waals surface area contributed by atoms with Gasteiger partial charge in [0, 0.05) is 50.4 Å². The van der Waals surface area contributed by atoms with Gasteiger partial charge in [0.15, 0.2) is 11.0 Å². The molecule has 0 atom stereocenters. The summed E-state index contributed by atoms with van der Waals surface area (Å²) in [4.78, 5) is 45.1. The van der Waals surface area contributed by atoms with Gasteiger partial charge in [-0.25, -0.2) is 0 Å². The average Bonchev–Trinajstić information content (AvgIpc) is 2.91. The number of benzene rings is 2. The van der Waals surface area contributed by atoms with E-state index in [-0.39, 0.29) is 17.2 Å². The predicted molar refractivity (Wildman–Crippen MR) is 135 cm³/mol. The molecule has 2 aliphatic rings. The van der Waals surface area contributed by atoms with Crippen molar-refractivity contribution in [2.24, 2.45) is 0 Å². The molecule has 1 aromatic heterocycles. The standard InChI is InChI=1S/C28H31N3O4/c1-20-25(33)22-11-8-12-23(27(22)35-26(20)21-9-4-2-5-10-21)28(34)31-17-15-29(16-18-31)19-24(32)30-13-6-3-7-14-30/h2,4-5,8-12H,3,6-7,13-19H2,1H3. The molecular formula is C28H31N3O4. The van der Waals surface area contributed by atoms with Crippen molar-refractivity contribution in [2.75, 3.05) is 45.8 Å². The Morgan fingerprint density at radius 1 is 0.829 bits per heavy atom. The summed E-state index contributed by atoms with van der Waals surface area (Å²) in [5.41, 5.74) is 1.93. The number of para-hydroxylation sites is 1. The van der Waals surface area contributed by atoms with E-state index < -0.39 is 0 Å². The first-order valence-corrected chi connectivity index (χ1v) is 12.4. The molecule has 182 valence electrons. The maximum absolute atomic E-state index is 13.5. The fraction of sp³-hybridized carbons (Fsp3) is 0.393. The zero-order valence-electron chi connectivity index (χ0n) is 20.2. The monoisotopic (exact) mass is 473 g/mol. The van der Waals surface area contributed by atoms with Crippen LogP contribution in [0.3, 0.4) is 0 Å². The van der Waals surface area contributed by atoms with Crippen molar-refractivity contribution in [3.8, 4) is 11.3 Å². The molecular weight excluding hydrogens is 442 g/mol. The number of amides is 2. The summed E-state index contributed by atoms with van der Waals surface area (Å²) in [5.74, 6) is 0.525. The Balaban J connectivity index is 1.34. The third-order valence-electron chi connectivity index (χ3n) is 7.14. The van der Waals surface area contributed by atoms with Crippen LogP contribution in [0.4, 0.5) is 0 Å². The fourth-order valence-corrected chi connectivity index (χ4v) is 5.06. The van der Waals surface area contributed by atoms with Gasteiger partial charge in [0.2, 0.25) is 5.91 Å². The molecule has 0 bridgehead atoms. The quantitative estimate of drug-likeness (QED) is 0.580. The van der Waals surface area contributed by atoms with E-state index in [1.165, 1.54) is 6.42 Å². The summed E-state index contributed by atoms with van der Waals surface area (Å²) < 4.78 is 6.24. The lowest BCUT2D eigenvalue weighted by Gasteiger charge is -2.36. The Hall–Kier alpha value is -3.45. The minimum atomic E-state index is -0.149. The highest BCUT2D eigenvalue weighted by atomic mass is 16.3. The fourth-order valence-electron chi connectivity index (χ4n) is 5.06. The van der Waals surface area contributed by atoms with E-state index in [0.29, 0.717) is 60.6 Å². The number of likely N-dealkylation sites (tertiary alicyclic amines) is 1. The van der Waals surface area contributed by atoms with E-state index in [2.05, 4.69) is 4.90 Å². The highest BCUT2D eigenvalue weighted by molar-refractivity contribution is 6.05. The van der Waals surface area contributed by atoms with Crippen LogP contribution < -0.4 is 5.43 Å². The lowest BCUT2D eigenvalue weighted by molar-refractivity contribution is -0.133. The zero-order valence-corrected chi connectivity index (χ0v) is 20.2. The lowest BCUT2D eigenvalue weighted by Crippen LogP contribution is -2.52. The van der Waals surface area contributed by atoms with Crippen molar-refractivity contribution in [3.63, 3.8) is 0 Å². The van der Waals surface area contributed by atoms with Gasteiger partial charge in [-0.15, -0.1) is 0 Å². The number of piperazine rings is 1. The van der Waals surface area contributed by atoms with Crippen molar-refractivity contribution in [3.05, 3.63) is 69.9 Å². The largest absolute Gasteiger partial charge is 0.455 e. The Morgan fingerprint density at radius 2 is 1.54 bits per heavy atom.